The van der Waals surface area contributed by atoms with Crippen molar-refractivity contribution in [2.45, 2.75) is 13.5 Å². The number of pyridine rings is 1. The molecule has 0 bridgehead atoms. The van der Waals surface area contributed by atoms with Crippen molar-refractivity contribution < 1.29 is 9.72 Å². The highest BCUT2D eigenvalue weighted by atomic mass is 35.5. The van der Waals surface area contributed by atoms with Crippen LogP contribution < -0.4 is 10.9 Å². The third kappa shape index (κ3) is 3.50. The van der Waals surface area contributed by atoms with E-state index in [1.807, 2.05) is 0 Å². The molecule has 2 aromatic rings. The number of benzene rings is 1. The van der Waals surface area contributed by atoms with Crippen LogP contribution in [0, 0.1) is 17.0 Å². The van der Waals surface area contributed by atoms with E-state index >= 15 is 0 Å². The van der Waals surface area contributed by atoms with Gasteiger partial charge in [-0.1, -0.05) is 17.7 Å². The first kappa shape index (κ1) is 15.7. The Morgan fingerprint density at radius 1 is 1.41 bits per heavy atom. The number of hydrogen-bond donors (Lipinski definition) is 1. The second-order valence-electron chi connectivity index (χ2n) is 4.59. The van der Waals surface area contributed by atoms with Gasteiger partial charge in [0.15, 0.2) is 0 Å². The van der Waals surface area contributed by atoms with Gasteiger partial charge >= 0.3 is 0 Å². The van der Waals surface area contributed by atoms with Crippen molar-refractivity contribution in [1.29, 1.82) is 0 Å². The van der Waals surface area contributed by atoms with Crippen LogP contribution in [0.25, 0.3) is 0 Å². The molecule has 0 spiro atoms. The molecule has 0 saturated heterocycles. The SMILES string of the molecule is Cc1cccn(CC(=O)Nc2ccc(Cl)cc2[N+](=O)[O-])c1=O. The van der Waals surface area contributed by atoms with Gasteiger partial charge in [0.1, 0.15) is 12.2 Å². The molecule has 7 nitrogen and oxygen atoms in total. The van der Waals surface area contributed by atoms with Crippen LogP contribution in [0.4, 0.5) is 11.4 Å². The Morgan fingerprint density at radius 2 is 2.14 bits per heavy atom. The number of carbonyl (C=O) groups excluding carboxylic acids is 1. The van der Waals surface area contributed by atoms with Crippen LogP contribution in [-0.4, -0.2) is 15.4 Å². The Labute approximate surface area is 130 Å². The summed E-state index contributed by atoms with van der Waals surface area (Å²) in [5.74, 6) is -0.543. The maximum absolute atomic E-state index is 12.0. The van der Waals surface area contributed by atoms with Gasteiger partial charge < -0.3 is 9.88 Å². The number of anilines is 1. The van der Waals surface area contributed by atoms with Crippen LogP contribution in [0.2, 0.25) is 5.02 Å². The lowest BCUT2D eigenvalue weighted by molar-refractivity contribution is -0.383. The first-order valence-corrected chi connectivity index (χ1v) is 6.66. The predicted octanol–water partition coefficient (Wildman–Crippen LogP) is 2.36. The number of aryl methyl sites for hydroxylation is 1. The summed E-state index contributed by atoms with van der Waals surface area (Å²) in [5.41, 5.74) is -0.0615. The van der Waals surface area contributed by atoms with E-state index in [0.717, 1.165) is 6.07 Å². The van der Waals surface area contributed by atoms with E-state index in [9.17, 15) is 19.7 Å². The first-order valence-electron chi connectivity index (χ1n) is 6.28. The van der Waals surface area contributed by atoms with E-state index in [1.54, 1.807) is 19.1 Å². The lowest BCUT2D eigenvalue weighted by Gasteiger charge is -2.08. The maximum atomic E-state index is 12.0. The van der Waals surface area contributed by atoms with E-state index < -0.39 is 10.8 Å². The van der Waals surface area contributed by atoms with Gasteiger partial charge in [0.2, 0.25) is 5.91 Å². The number of nitro benzene ring substituents is 1. The van der Waals surface area contributed by atoms with Crippen molar-refractivity contribution in [3.63, 3.8) is 0 Å². The second-order valence-corrected chi connectivity index (χ2v) is 5.03. The molecule has 0 fully saturated rings. The fraction of sp³-hybridized carbons (Fsp3) is 0.143. The van der Waals surface area contributed by atoms with Crippen molar-refractivity contribution >= 4 is 28.9 Å². The molecular weight excluding hydrogens is 310 g/mol. The van der Waals surface area contributed by atoms with Gasteiger partial charge in [-0.2, -0.15) is 0 Å². The summed E-state index contributed by atoms with van der Waals surface area (Å²) in [5, 5.41) is 13.6. The molecule has 2 rings (SSSR count). The predicted molar refractivity (Wildman–Crippen MR) is 82.2 cm³/mol. The van der Waals surface area contributed by atoms with Crippen LogP contribution in [0.5, 0.6) is 0 Å². The van der Waals surface area contributed by atoms with Crippen molar-refractivity contribution in [3.8, 4) is 0 Å². The minimum Gasteiger partial charge on any atom is -0.319 e. The smallest absolute Gasteiger partial charge is 0.294 e. The number of amides is 1. The van der Waals surface area contributed by atoms with E-state index in [1.165, 1.54) is 22.9 Å². The third-order valence-corrected chi connectivity index (χ3v) is 3.19. The quantitative estimate of drug-likeness (QED) is 0.690. The Hall–Kier alpha value is -2.67. The number of hydrogen-bond acceptors (Lipinski definition) is 4. The van der Waals surface area contributed by atoms with Gasteiger partial charge in [0.25, 0.3) is 11.2 Å². The van der Waals surface area contributed by atoms with Crippen LogP contribution in [-0.2, 0) is 11.3 Å². The number of carbonyl (C=O) groups is 1. The lowest BCUT2D eigenvalue weighted by Crippen LogP contribution is -2.28. The molecule has 0 aliphatic rings. The van der Waals surface area contributed by atoms with Crippen molar-refractivity contribution in [2.24, 2.45) is 0 Å². The van der Waals surface area contributed by atoms with Gasteiger partial charge in [-0.15, -0.1) is 0 Å². The summed E-state index contributed by atoms with van der Waals surface area (Å²) in [6.07, 6.45) is 1.48. The highest BCUT2D eigenvalue weighted by molar-refractivity contribution is 6.31. The average Bonchev–Trinajstić information content (AvgIpc) is 2.45. The summed E-state index contributed by atoms with van der Waals surface area (Å²) >= 11 is 5.70. The molecule has 1 heterocycles. The minimum absolute atomic E-state index is 0.0279. The molecular formula is C14H12ClN3O4. The summed E-state index contributed by atoms with van der Waals surface area (Å²) in [7, 11) is 0. The molecule has 0 atom stereocenters. The maximum Gasteiger partial charge on any atom is 0.294 e. The number of rotatable bonds is 4. The fourth-order valence-electron chi connectivity index (χ4n) is 1.89. The first-order chi connectivity index (χ1) is 10.4. The summed E-state index contributed by atoms with van der Waals surface area (Å²) in [6, 6.07) is 7.21. The summed E-state index contributed by atoms with van der Waals surface area (Å²) in [6.45, 7) is 1.40. The monoisotopic (exact) mass is 321 g/mol. The van der Waals surface area contributed by atoms with Gasteiger partial charge in [0.05, 0.1) is 4.92 Å². The molecule has 0 aliphatic carbocycles. The Balaban J connectivity index is 2.21. The van der Waals surface area contributed by atoms with Crippen molar-refractivity contribution in [2.75, 3.05) is 5.32 Å². The topological polar surface area (TPSA) is 94.2 Å². The second kappa shape index (κ2) is 6.40. The molecule has 0 radical (unpaired) electrons. The number of nitrogens with one attached hydrogen (secondary N) is 1. The molecule has 114 valence electrons. The Kier molecular flexibility index (Phi) is 4.57. The Morgan fingerprint density at radius 3 is 2.82 bits per heavy atom. The largest absolute Gasteiger partial charge is 0.319 e. The van der Waals surface area contributed by atoms with Crippen molar-refractivity contribution in [1.82, 2.24) is 4.57 Å². The van der Waals surface area contributed by atoms with Crippen LogP contribution in [0.15, 0.2) is 41.3 Å². The van der Waals surface area contributed by atoms with Gasteiger partial charge in [-0.25, -0.2) is 0 Å². The van der Waals surface area contributed by atoms with Gasteiger partial charge in [-0.3, -0.25) is 19.7 Å². The molecule has 1 aromatic carbocycles. The number of aromatic nitrogens is 1. The molecule has 1 N–H and O–H groups in total. The standard InChI is InChI=1S/C14H12ClN3O4/c1-9-3-2-6-17(14(9)20)8-13(19)16-11-5-4-10(15)7-12(11)18(21)22/h2-7H,8H2,1H3,(H,16,19). The zero-order valence-corrected chi connectivity index (χ0v) is 12.3. The van der Waals surface area contributed by atoms with Crippen molar-refractivity contribution in [3.05, 3.63) is 67.6 Å². The van der Waals surface area contributed by atoms with Crippen LogP contribution >= 0.6 is 11.6 Å². The molecule has 0 unspecified atom stereocenters. The Bertz CT molecular complexity index is 801. The lowest BCUT2D eigenvalue weighted by atomic mass is 10.2. The minimum atomic E-state index is -0.639. The number of halogens is 1. The number of nitrogens with zero attached hydrogens (tertiary/aromatic N) is 2. The number of nitro groups is 1. The zero-order valence-electron chi connectivity index (χ0n) is 11.6. The summed E-state index contributed by atoms with van der Waals surface area (Å²) in [4.78, 5) is 34.1. The molecule has 0 saturated carbocycles. The molecule has 8 heteroatoms. The van der Waals surface area contributed by atoms with E-state index in [4.69, 9.17) is 11.6 Å². The third-order valence-electron chi connectivity index (χ3n) is 2.95. The van der Waals surface area contributed by atoms with E-state index in [0.29, 0.717) is 5.56 Å². The van der Waals surface area contributed by atoms with Crippen LogP contribution in [0.1, 0.15) is 5.56 Å². The average molecular weight is 322 g/mol. The molecule has 22 heavy (non-hydrogen) atoms. The molecule has 0 aliphatic heterocycles. The van der Waals surface area contributed by atoms with E-state index in [2.05, 4.69) is 5.32 Å². The fourth-order valence-corrected chi connectivity index (χ4v) is 2.05. The molecule has 1 aromatic heterocycles. The van der Waals surface area contributed by atoms with Gasteiger partial charge in [-0.05, 0) is 25.1 Å². The normalized spacial score (nSPS) is 10.3. The zero-order chi connectivity index (χ0) is 16.3. The summed E-state index contributed by atoms with van der Waals surface area (Å²) < 4.78 is 1.23. The highest BCUT2D eigenvalue weighted by Gasteiger charge is 2.16. The van der Waals surface area contributed by atoms with Gasteiger partial charge in [0, 0.05) is 22.8 Å². The molecule has 1 amide bonds. The van der Waals surface area contributed by atoms with Crippen LogP contribution in [0.3, 0.4) is 0 Å². The van der Waals surface area contributed by atoms with E-state index in [-0.39, 0.29) is 28.5 Å². The highest BCUT2D eigenvalue weighted by Crippen LogP contribution is 2.27.